The van der Waals surface area contributed by atoms with Gasteiger partial charge in [0.25, 0.3) is 16.0 Å². The van der Waals surface area contributed by atoms with Crippen LogP contribution in [0.5, 0.6) is 0 Å². The third-order valence-corrected chi connectivity index (χ3v) is 7.10. The van der Waals surface area contributed by atoms with Crippen molar-refractivity contribution in [3.8, 4) is 5.95 Å². The summed E-state index contributed by atoms with van der Waals surface area (Å²) in [5.74, 6) is -0.248. The average Bonchev–Trinajstić information content (AvgIpc) is 3.13. The zero-order valence-electron chi connectivity index (χ0n) is 15.6. The summed E-state index contributed by atoms with van der Waals surface area (Å²) in [6, 6.07) is 4.67. The second-order valence-electron chi connectivity index (χ2n) is 6.28. The van der Waals surface area contributed by atoms with Gasteiger partial charge in [-0.3, -0.25) is 4.79 Å². The Bertz CT molecular complexity index is 1150. The van der Waals surface area contributed by atoms with E-state index in [9.17, 15) is 13.2 Å². The molecule has 0 aliphatic carbocycles. The van der Waals surface area contributed by atoms with Crippen molar-refractivity contribution in [1.82, 2.24) is 24.5 Å². The molecule has 0 fully saturated rings. The molecule has 0 bridgehead atoms. The van der Waals surface area contributed by atoms with Crippen LogP contribution in [0.4, 0.5) is 0 Å². The van der Waals surface area contributed by atoms with Gasteiger partial charge < -0.3 is 0 Å². The van der Waals surface area contributed by atoms with Gasteiger partial charge in [-0.2, -0.15) is 5.10 Å². The summed E-state index contributed by atoms with van der Waals surface area (Å²) in [7, 11) is -3.96. The second kappa shape index (κ2) is 7.61. The lowest BCUT2D eigenvalue weighted by Crippen LogP contribution is -2.31. The van der Waals surface area contributed by atoms with Gasteiger partial charge in [-0.15, -0.1) is 11.3 Å². The first-order valence-electron chi connectivity index (χ1n) is 8.25. The van der Waals surface area contributed by atoms with E-state index in [2.05, 4.69) is 19.8 Å². The van der Waals surface area contributed by atoms with Crippen LogP contribution in [0.15, 0.2) is 22.4 Å². The summed E-state index contributed by atoms with van der Waals surface area (Å²) in [6.45, 7) is 7.26. The number of halogens is 1. The number of hydrogen-bond donors (Lipinski definition) is 1. The van der Waals surface area contributed by atoms with Crippen molar-refractivity contribution in [2.45, 2.75) is 38.3 Å². The molecule has 28 heavy (non-hydrogen) atoms. The molecule has 0 spiro atoms. The number of nitrogens with one attached hydrogen (secondary N) is 1. The summed E-state index contributed by atoms with van der Waals surface area (Å²) < 4.78 is 28.5. The molecule has 1 N–H and O–H groups in total. The van der Waals surface area contributed by atoms with Crippen molar-refractivity contribution >= 4 is 38.9 Å². The minimum absolute atomic E-state index is 0.0152. The smallest absolute Gasteiger partial charge is 0.273 e. The summed E-state index contributed by atoms with van der Waals surface area (Å²) >= 11 is 6.66. The van der Waals surface area contributed by atoms with E-state index in [4.69, 9.17) is 11.6 Å². The Labute approximate surface area is 171 Å². The molecule has 0 saturated heterocycles. The highest BCUT2D eigenvalue weighted by Crippen LogP contribution is 2.25. The lowest BCUT2D eigenvalue weighted by atomic mass is 10.1. The van der Waals surface area contributed by atoms with E-state index in [-0.39, 0.29) is 10.6 Å². The summed E-state index contributed by atoms with van der Waals surface area (Å²) in [5.41, 5.74) is 3.51. The molecule has 148 valence electrons. The van der Waals surface area contributed by atoms with Crippen molar-refractivity contribution < 1.29 is 13.2 Å². The van der Waals surface area contributed by atoms with Crippen LogP contribution in [0.1, 0.15) is 28.3 Å². The van der Waals surface area contributed by atoms with Gasteiger partial charge in [0.05, 0.1) is 16.5 Å². The molecule has 0 radical (unpaired) electrons. The van der Waals surface area contributed by atoms with E-state index in [0.29, 0.717) is 27.2 Å². The molecule has 0 saturated carbocycles. The lowest BCUT2D eigenvalue weighted by Gasteiger charge is -2.07. The van der Waals surface area contributed by atoms with E-state index >= 15 is 0 Å². The van der Waals surface area contributed by atoms with Crippen molar-refractivity contribution in [2.75, 3.05) is 0 Å². The van der Waals surface area contributed by atoms with Crippen molar-refractivity contribution in [2.24, 2.45) is 0 Å². The Balaban J connectivity index is 1.85. The molecule has 0 unspecified atom stereocenters. The highest BCUT2D eigenvalue weighted by Gasteiger charge is 2.23. The Morgan fingerprint density at radius 2 is 1.82 bits per heavy atom. The number of sulfonamides is 1. The maximum Gasteiger partial charge on any atom is 0.273 e. The zero-order valence-corrected chi connectivity index (χ0v) is 18.0. The van der Waals surface area contributed by atoms with E-state index in [0.717, 1.165) is 22.7 Å². The molecule has 1 amide bonds. The average molecular weight is 440 g/mol. The molecule has 8 nitrogen and oxygen atoms in total. The number of aromatic nitrogens is 4. The summed E-state index contributed by atoms with van der Waals surface area (Å²) in [6.07, 6.45) is -0.138. The molecule has 3 aromatic rings. The quantitative estimate of drug-likeness (QED) is 0.654. The number of rotatable bonds is 5. The van der Waals surface area contributed by atoms with E-state index < -0.39 is 15.9 Å². The van der Waals surface area contributed by atoms with Crippen LogP contribution < -0.4 is 4.72 Å². The third-order valence-electron chi connectivity index (χ3n) is 4.00. The van der Waals surface area contributed by atoms with E-state index in [1.165, 1.54) is 12.1 Å². The first kappa shape index (κ1) is 20.4. The number of nitrogens with zero attached hydrogens (tertiary/aromatic N) is 4. The maximum atomic E-state index is 12.4. The van der Waals surface area contributed by atoms with Gasteiger partial charge in [-0.25, -0.2) is 27.8 Å². The molecule has 0 aromatic carbocycles. The van der Waals surface area contributed by atoms with Gasteiger partial charge in [-0.1, -0.05) is 11.6 Å². The van der Waals surface area contributed by atoms with Crippen molar-refractivity contribution in [3.63, 3.8) is 0 Å². The molecule has 3 aromatic heterocycles. The molecule has 0 atom stereocenters. The van der Waals surface area contributed by atoms with Crippen LogP contribution in [0.3, 0.4) is 0 Å². The maximum absolute atomic E-state index is 12.4. The summed E-state index contributed by atoms with van der Waals surface area (Å²) in [4.78, 5) is 21.1. The largest absolute Gasteiger partial charge is 0.274 e. The molecule has 0 aliphatic rings. The number of thiophene rings is 1. The van der Waals surface area contributed by atoms with Crippen LogP contribution in [0.25, 0.3) is 5.95 Å². The number of amides is 1. The lowest BCUT2D eigenvalue weighted by molar-refractivity contribution is -0.118. The Morgan fingerprint density at radius 1 is 1.18 bits per heavy atom. The fourth-order valence-electron chi connectivity index (χ4n) is 2.77. The molecule has 3 heterocycles. The molecule has 3 rings (SSSR count). The number of carbonyl (C=O) groups is 1. The minimum Gasteiger partial charge on any atom is -0.274 e. The summed E-state index contributed by atoms with van der Waals surface area (Å²) in [5, 5.41) is 4.42. The highest BCUT2D eigenvalue weighted by molar-refractivity contribution is 7.92. The van der Waals surface area contributed by atoms with Crippen molar-refractivity contribution in [3.05, 3.63) is 50.9 Å². The number of aryl methyl sites for hydroxylation is 3. The van der Waals surface area contributed by atoms with Gasteiger partial charge in [0.15, 0.2) is 0 Å². The van der Waals surface area contributed by atoms with Gasteiger partial charge >= 0.3 is 0 Å². The predicted octanol–water partition coefficient (Wildman–Crippen LogP) is 2.66. The van der Waals surface area contributed by atoms with Crippen LogP contribution >= 0.6 is 22.9 Å². The Morgan fingerprint density at radius 3 is 2.39 bits per heavy atom. The fourth-order valence-corrected chi connectivity index (χ4v) is 5.23. The zero-order chi connectivity index (χ0) is 20.6. The molecule has 0 aliphatic heterocycles. The SMILES string of the molecule is Cc1cc(C)nc(-n2nc(C)c(CC(=O)NS(=O)(=O)c3ccc(Cl)s3)c2C)n1. The minimum atomic E-state index is -3.96. The van der Waals surface area contributed by atoms with E-state index in [1.807, 2.05) is 19.9 Å². The first-order valence-corrected chi connectivity index (χ1v) is 10.9. The topological polar surface area (TPSA) is 107 Å². The van der Waals surface area contributed by atoms with Gasteiger partial charge in [0.1, 0.15) is 4.21 Å². The van der Waals surface area contributed by atoms with Crippen LogP contribution in [0.2, 0.25) is 4.34 Å². The first-order chi connectivity index (χ1) is 13.1. The van der Waals surface area contributed by atoms with Crippen LogP contribution in [0, 0.1) is 27.7 Å². The van der Waals surface area contributed by atoms with Gasteiger partial charge in [0.2, 0.25) is 5.91 Å². The standard InChI is InChI=1S/C17H18ClN5O3S2/c1-9-7-10(2)20-17(19-9)23-12(4)13(11(3)21-23)8-15(24)22-28(25,26)16-6-5-14(18)27-16/h5-7H,8H2,1-4H3,(H,22,24). The molecular weight excluding hydrogens is 422 g/mol. The van der Waals surface area contributed by atoms with E-state index in [1.54, 1.807) is 18.5 Å². The second-order valence-corrected chi connectivity index (χ2v) is 9.90. The molecular formula is C17H18ClN5O3S2. The Hall–Kier alpha value is -2.30. The fraction of sp³-hybridized carbons (Fsp3) is 0.294. The number of hydrogen-bond acceptors (Lipinski definition) is 7. The van der Waals surface area contributed by atoms with Crippen LogP contribution in [-0.2, 0) is 21.2 Å². The monoisotopic (exact) mass is 439 g/mol. The van der Waals surface area contributed by atoms with Crippen LogP contribution in [-0.4, -0.2) is 34.1 Å². The van der Waals surface area contributed by atoms with Gasteiger partial charge in [-0.05, 0) is 45.9 Å². The third kappa shape index (κ3) is 4.23. The highest BCUT2D eigenvalue weighted by atomic mass is 35.5. The number of carbonyl (C=O) groups excluding carboxylic acids is 1. The molecule has 11 heteroatoms. The predicted molar refractivity (Wildman–Crippen MR) is 106 cm³/mol. The Kier molecular flexibility index (Phi) is 5.55. The normalized spacial score (nSPS) is 11.6. The van der Waals surface area contributed by atoms with Crippen molar-refractivity contribution in [1.29, 1.82) is 0 Å². The van der Waals surface area contributed by atoms with Gasteiger partial charge in [0, 0.05) is 22.6 Å².